The van der Waals surface area contributed by atoms with Gasteiger partial charge in [-0.15, -0.1) is 0 Å². The zero-order valence-corrected chi connectivity index (χ0v) is 11.8. The van der Waals surface area contributed by atoms with E-state index in [0.717, 1.165) is 38.6 Å². The summed E-state index contributed by atoms with van der Waals surface area (Å²) in [5.74, 6) is 0.460. The first-order valence-electron chi connectivity index (χ1n) is 7.72. The van der Waals surface area contributed by atoms with Crippen molar-refractivity contribution in [3.63, 3.8) is 0 Å². The Labute approximate surface area is 115 Å². The molecule has 3 aliphatic rings. The van der Waals surface area contributed by atoms with E-state index in [1.54, 1.807) is 7.11 Å². The molecule has 4 heteroatoms. The first-order valence-corrected chi connectivity index (χ1v) is 7.72. The molecule has 3 rings (SSSR count). The van der Waals surface area contributed by atoms with E-state index in [9.17, 15) is 9.90 Å². The molecule has 108 valence electrons. The second-order valence-electron chi connectivity index (χ2n) is 6.50. The monoisotopic (exact) mass is 267 g/mol. The lowest BCUT2D eigenvalue weighted by Gasteiger charge is -2.37. The highest BCUT2D eigenvalue weighted by Crippen LogP contribution is 2.44. The van der Waals surface area contributed by atoms with Gasteiger partial charge in [0.25, 0.3) is 0 Å². The lowest BCUT2D eigenvalue weighted by Crippen LogP contribution is -2.47. The predicted molar refractivity (Wildman–Crippen MR) is 72.0 cm³/mol. The third-order valence-electron chi connectivity index (χ3n) is 5.63. The second-order valence-corrected chi connectivity index (χ2v) is 6.50. The molecule has 19 heavy (non-hydrogen) atoms. The highest BCUT2D eigenvalue weighted by Gasteiger charge is 2.49. The second kappa shape index (κ2) is 5.41. The van der Waals surface area contributed by atoms with Crippen LogP contribution in [0.1, 0.15) is 44.9 Å². The standard InChI is InChI=1S/C15H25NO3/c1-19-12-7-5-11(6-8-12)16-9-10-3-2-4-13(10)14(16)15(17)18/h10-14H,2-9H2,1H3,(H,17,18). The number of carboxylic acids is 1. The molecule has 4 nitrogen and oxygen atoms in total. The highest BCUT2D eigenvalue weighted by molar-refractivity contribution is 5.74. The van der Waals surface area contributed by atoms with Gasteiger partial charge in [-0.05, 0) is 50.4 Å². The maximum atomic E-state index is 11.7. The number of methoxy groups -OCH3 is 1. The van der Waals surface area contributed by atoms with Crippen molar-refractivity contribution in [3.05, 3.63) is 0 Å². The summed E-state index contributed by atoms with van der Waals surface area (Å²) in [6.45, 7) is 1.02. The highest BCUT2D eigenvalue weighted by atomic mass is 16.5. The summed E-state index contributed by atoms with van der Waals surface area (Å²) in [5, 5.41) is 9.59. The van der Waals surface area contributed by atoms with Gasteiger partial charge in [0.1, 0.15) is 6.04 Å². The zero-order valence-electron chi connectivity index (χ0n) is 11.8. The minimum Gasteiger partial charge on any atom is -0.480 e. The van der Waals surface area contributed by atoms with E-state index in [1.807, 2.05) is 0 Å². The van der Waals surface area contributed by atoms with Crippen molar-refractivity contribution >= 4 is 5.97 Å². The fraction of sp³-hybridized carbons (Fsp3) is 0.933. The quantitative estimate of drug-likeness (QED) is 0.851. The average molecular weight is 267 g/mol. The summed E-state index contributed by atoms with van der Waals surface area (Å²) in [6, 6.07) is 0.259. The van der Waals surface area contributed by atoms with Gasteiger partial charge < -0.3 is 9.84 Å². The normalized spacial score (nSPS) is 43.3. The van der Waals surface area contributed by atoms with Gasteiger partial charge in [0.15, 0.2) is 0 Å². The summed E-state index contributed by atoms with van der Waals surface area (Å²) in [7, 11) is 1.78. The summed E-state index contributed by atoms with van der Waals surface area (Å²) in [5.41, 5.74) is 0. The van der Waals surface area contributed by atoms with E-state index in [4.69, 9.17) is 4.74 Å². The summed E-state index contributed by atoms with van der Waals surface area (Å²) in [4.78, 5) is 14.0. The lowest BCUT2D eigenvalue weighted by molar-refractivity contribution is -0.144. The van der Waals surface area contributed by atoms with Crippen LogP contribution < -0.4 is 0 Å². The number of carboxylic acid groups (broad SMARTS) is 1. The molecule has 1 heterocycles. The van der Waals surface area contributed by atoms with Crippen LogP contribution in [-0.2, 0) is 9.53 Å². The molecule has 2 saturated carbocycles. The van der Waals surface area contributed by atoms with Crippen LogP contribution in [0.15, 0.2) is 0 Å². The Kier molecular flexibility index (Phi) is 3.81. The van der Waals surface area contributed by atoms with Crippen molar-refractivity contribution in [1.29, 1.82) is 0 Å². The third-order valence-corrected chi connectivity index (χ3v) is 5.63. The molecule has 0 spiro atoms. The van der Waals surface area contributed by atoms with Crippen molar-refractivity contribution in [3.8, 4) is 0 Å². The van der Waals surface area contributed by atoms with E-state index in [1.165, 1.54) is 12.8 Å². The Morgan fingerprint density at radius 3 is 2.53 bits per heavy atom. The average Bonchev–Trinajstić information content (AvgIpc) is 2.98. The first-order chi connectivity index (χ1) is 9.20. The molecule has 1 aliphatic heterocycles. The summed E-state index contributed by atoms with van der Waals surface area (Å²) < 4.78 is 5.42. The van der Waals surface area contributed by atoms with Crippen LogP contribution in [0.2, 0.25) is 0 Å². The van der Waals surface area contributed by atoms with Crippen molar-refractivity contribution in [1.82, 2.24) is 4.90 Å². The summed E-state index contributed by atoms with van der Waals surface area (Å²) in [6.07, 6.45) is 8.33. The maximum absolute atomic E-state index is 11.7. The Morgan fingerprint density at radius 2 is 1.89 bits per heavy atom. The Hall–Kier alpha value is -0.610. The largest absolute Gasteiger partial charge is 0.480 e. The molecule has 3 unspecified atom stereocenters. The minimum atomic E-state index is -0.594. The Balaban J connectivity index is 1.68. The van der Waals surface area contributed by atoms with Gasteiger partial charge in [-0.25, -0.2) is 0 Å². The first kappa shape index (κ1) is 13.4. The van der Waals surface area contributed by atoms with Crippen LogP contribution in [0.25, 0.3) is 0 Å². The number of hydrogen-bond donors (Lipinski definition) is 1. The van der Waals surface area contributed by atoms with E-state index in [0.29, 0.717) is 24.0 Å². The van der Waals surface area contributed by atoms with Crippen LogP contribution in [0.3, 0.4) is 0 Å². The van der Waals surface area contributed by atoms with Crippen LogP contribution >= 0.6 is 0 Å². The van der Waals surface area contributed by atoms with E-state index in [2.05, 4.69) is 4.90 Å². The van der Waals surface area contributed by atoms with Crippen LogP contribution in [0.5, 0.6) is 0 Å². The lowest BCUT2D eigenvalue weighted by atomic mass is 9.90. The number of rotatable bonds is 3. The predicted octanol–water partition coefficient (Wildman–Crippen LogP) is 2.13. The fourth-order valence-corrected chi connectivity index (χ4v) is 4.65. The molecule has 0 aromatic rings. The molecule has 1 saturated heterocycles. The van der Waals surface area contributed by atoms with Gasteiger partial charge in [0.2, 0.25) is 0 Å². The number of fused-ring (bicyclic) bond motifs is 1. The van der Waals surface area contributed by atoms with Crippen LogP contribution in [0.4, 0.5) is 0 Å². The van der Waals surface area contributed by atoms with E-state index < -0.39 is 5.97 Å². The zero-order chi connectivity index (χ0) is 13.4. The van der Waals surface area contributed by atoms with Gasteiger partial charge >= 0.3 is 5.97 Å². The minimum absolute atomic E-state index is 0.211. The molecule has 0 amide bonds. The topological polar surface area (TPSA) is 49.8 Å². The third kappa shape index (κ3) is 2.40. The van der Waals surface area contributed by atoms with Crippen LogP contribution in [0, 0.1) is 11.8 Å². The number of aliphatic carboxylic acids is 1. The molecule has 1 N–H and O–H groups in total. The van der Waals surface area contributed by atoms with E-state index >= 15 is 0 Å². The molecule has 0 bridgehead atoms. The number of hydrogen-bond acceptors (Lipinski definition) is 3. The fourth-order valence-electron chi connectivity index (χ4n) is 4.65. The van der Waals surface area contributed by atoms with E-state index in [-0.39, 0.29) is 6.04 Å². The molecule has 0 aromatic carbocycles. The maximum Gasteiger partial charge on any atom is 0.321 e. The Bertz CT molecular complexity index is 338. The number of ether oxygens (including phenoxy) is 1. The molecule has 3 atom stereocenters. The van der Waals surface area contributed by atoms with Crippen molar-refractivity contribution in [2.24, 2.45) is 11.8 Å². The number of likely N-dealkylation sites (tertiary alicyclic amines) is 1. The smallest absolute Gasteiger partial charge is 0.321 e. The molecule has 3 fully saturated rings. The molecular weight excluding hydrogens is 242 g/mol. The number of nitrogens with zero attached hydrogens (tertiary/aromatic N) is 1. The van der Waals surface area contributed by atoms with Gasteiger partial charge in [-0.1, -0.05) is 6.42 Å². The molecule has 2 aliphatic carbocycles. The van der Waals surface area contributed by atoms with Crippen molar-refractivity contribution < 1.29 is 14.6 Å². The SMILES string of the molecule is COC1CCC(N2CC3CCCC3C2C(=O)O)CC1. The van der Waals surface area contributed by atoms with Crippen LogP contribution in [-0.4, -0.2) is 47.8 Å². The van der Waals surface area contributed by atoms with Gasteiger partial charge in [0.05, 0.1) is 6.10 Å². The summed E-state index contributed by atoms with van der Waals surface area (Å²) >= 11 is 0. The molecule has 0 aromatic heterocycles. The Morgan fingerprint density at radius 1 is 1.16 bits per heavy atom. The number of carbonyl (C=O) groups is 1. The van der Waals surface area contributed by atoms with Crippen molar-refractivity contribution in [2.75, 3.05) is 13.7 Å². The molecule has 0 radical (unpaired) electrons. The molecular formula is C15H25NO3. The van der Waals surface area contributed by atoms with Gasteiger partial charge in [-0.3, -0.25) is 9.69 Å². The van der Waals surface area contributed by atoms with Gasteiger partial charge in [-0.2, -0.15) is 0 Å². The van der Waals surface area contributed by atoms with Gasteiger partial charge in [0, 0.05) is 19.7 Å². The van der Waals surface area contributed by atoms with Crippen molar-refractivity contribution in [2.45, 2.75) is 63.1 Å².